The Balaban J connectivity index is 2.63. The Morgan fingerprint density at radius 2 is 1.89 bits per heavy atom. The number of aliphatic carboxylic acids is 1. The highest BCUT2D eigenvalue weighted by Crippen LogP contribution is 2.04. The molecule has 0 spiro atoms. The van der Waals surface area contributed by atoms with Crippen molar-refractivity contribution in [2.75, 3.05) is 0 Å². The maximum absolute atomic E-state index is 11.6. The maximum atomic E-state index is 11.6. The molecule has 1 aromatic carbocycles. The third kappa shape index (κ3) is 5.73. The van der Waals surface area contributed by atoms with E-state index in [0.29, 0.717) is 12.0 Å². The van der Waals surface area contributed by atoms with Gasteiger partial charge in [-0.05, 0) is 24.5 Å². The van der Waals surface area contributed by atoms with Gasteiger partial charge in [0.05, 0.1) is 0 Å². The summed E-state index contributed by atoms with van der Waals surface area (Å²) >= 11 is 0. The van der Waals surface area contributed by atoms with Crippen molar-refractivity contribution in [1.82, 2.24) is 5.32 Å². The van der Waals surface area contributed by atoms with E-state index in [-0.39, 0.29) is 5.92 Å². The lowest BCUT2D eigenvalue weighted by Gasteiger charge is -2.14. The van der Waals surface area contributed by atoms with Crippen LogP contribution >= 0.6 is 0 Å². The minimum atomic E-state index is -1.04. The van der Waals surface area contributed by atoms with E-state index >= 15 is 0 Å². The predicted octanol–water partition coefficient (Wildman–Crippen LogP) is 1.65. The van der Waals surface area contributed by atoms with Crippen LogP contribution in [-0.4, -0.2) is 23.0 Å². The fourth-order valence-corrected chi connectivity index (χ4v) is 1.54. The zero-order valence-electron chi connectivity index (χ0n) is 11.0. The van der Waals surface area contributed by atoms with Gasteiger partial charge in [-0.1, -0.05) is 38.0 Å². The molecule has 0 aromatic heterocycles. The van der Waals surface area contributed by atoms with Gasteiger partial charge in [0.25, 0.3) is 5.91 Å². The highest BCUT2D eigenvalue weighted by molar-refractivity contribution is 5.96. The highest BCUT2D eigenvalue weighted by Gasteiger charge is 2.20. The van der Waals surface area contributed by atoms with Crippen molar-refractivity contribution in [3.8, 4) is 11.8 Å². The molecule has 0 radical (unpaired) electrons. The second-order valence-corrected chi connectivity index (χ2v) is 4.61. The Bertz CT molecular complexity index is 497. The molecule has 0 aliphatic rings. The molecule has 0 bridgehead atoms. The Kier molecular flexibility index (Phi) is 5.62. The SMILES string of the molecule is CC(C)C[C@@H](NC(=O)C#Cc1ccccc1)C(=O)O. The van der Waals surface area contributed by atoms with E-state index in [2.05, 4.69) is 17.2 Å². The van der Waals surface area contributed by atoms with Gasteiger partial charge in [-0.2, -0.15) is 0 Å². The van der Waals surface area contributed by atoms with Crippen LogP contribution in [0, 0.1) is 17.8 Å². The average Bonchev–Trinajstić information content (AvgIpc) is 2.36. The van der Waals surface area contributed by atoms with Crippen LogP contribution in [0.15, 0.2) is 30.3 Å². The second-order valence-electron chi connectivity index (χ2n) is 4.61. The summed E-state index contributed by atoms with van der Waals surface area (Å²) in [5.74, 6) is 3.65. The lowest BCUT2D eigenvalue weighted by atomic mass is 10.0. The van der Waals surface area contributed by atoms with Gasteiger partial charge in [0, 0.05) is 11.5 Å². The molecular formula is C15H17NO3. The van der Waals surface area contributed by atoms with Gasteiger partial charge in [-0.15, -0.1) is 0 Å². The van der Waals surface area contributed by atoms with Crippen molar-refractivity contribution < 1.29 is 14.7 Å². The van der Waals surface area contributed by atoms with Crippen LogP contribution in [0.25, 0.3) is 0 Å². The predicted molar refractivity (Wildman–Crippen MR) is 72.3 cm³/mol. The maximum Gasteiger partial charge on any atom is 0.326 e. The molecule has 0 saturated heterocycles. The van der Waals surface area contributed by atoms with E-state index in [0.717, 1.165) is 0 Å². The first-order valence-electron chi connectivity index (χ1n) is 6.09. The number of nitrogens with one attached hydrogen (secondary N) is 1. The molecule has 0 aliphatic heterocycles. The number of carbonyl (C=O) groups is 2. The van der Waals surface area contributed by atoms with E-state index in [1.165, 1.54) is 0 Å². The minimum absolute atomic E-state index is 0.184. The van der Waals surface area contributed by atoms with Crippen LogP contribution in [0.4, 0.5) is 0 Å². The molecule has 1 atom stereocenters. The van der Waals surface area contributed by atoms with Crippen molar-refractivity contribution >= 4 is 11.9 Å². The van der Waals surface area contributed by atoms with Crippen molar-refractivity contribution in [2.45, 2.75) is 26.3 Å². The van der Waals surface area contributed by atoms with Gasteiger partial charge in [0.15, 0.2) is 0 Å². The van der Waals surface area contributed by atoms with Crippen LogP contribution in [-0.2, 0) is 9.59 Å². The molecule has 4 nitrogen and oxygen atoms in total. The molecule has 0 saturated carbocycles. The lowest BCUT2D eigenvalue weighted by molar-refractivity contribution is -0.141. The van der Waals surface area contributed by atoms with Gasteiger partial charge in [0.2, 0.25) is 0 Å². The van der Waals surface area contributed by atoms with Crippen LogP contribution in [0.5, 0.6) is 0 Å². The minimum Gasteiger partial charge on any atom is -0.480 e. The van der Waals surface area contributed by atoms with Crippen LogP contribution in [0.3, 0.4) is 0 Å². The molecule has 0 unspecified atom stereocenters. The van der Waals surface area contributed by atoms with Crippen LogP contribution in [0.1, 0.15) is 25.8 Å². The molecule has 100 valence electrons. The average molecular weight is 259 g/mol. The van der Waals surface area contributed by atoms with Gasteiger partial charge >= 0.3 is 5.97 Å². The summed E-state index contributed by atoms with van der Waals surface area (Å²) < 4.78 is 0. The smallest absolute Gasteiger partial charge is 0.326 e. The monoisotopic (exact) mass is 259 g/mol. The Morgan fingerprint density at radius 3 is 2.42 bits per heavy atom. The van der Waals surface area contributed by atoms with Gasteiger partial charge < -0.3 is 10.4 Å². The molecule has 19 heavy (non-hydrogen) atoms. The van der Waals surface area contributed by atoms with Crippen molar-refractivity contribution in [3.05, 3.63) is 35.9 Å². The topological polar surface area (TPSA) is 66.4 Å². The standard InChI is InChI=1S/C15H17NO3/c1-11(2)10-13(15(18)19)16-14(17)9-8-12-6-4-3-5-7-12/h3-7,11,13H,10H2,1-2H3,(H,16,17)(H,18,19)/t13-/m1/s1. The number of carbonyl (C=O) groups excluding carboxylic acids is 1. The van der Waals surface area contributed by atoms with Gasteiger partial charge in [-0.3, -0.25) is 4.79 Å². The normalized spacial score (nSPS) is 11.3. The molecule has 1 aromatic rings. The van der Waals surface area contributed by atoms with E-state index < -0.39 is 17.9 Å². The number of hydrogen-bond acceptors (Lipinski definition) is 2. The second kappa shape index (κ2) is 7.22. The van der Waals surface area contributed by atoms with Crippen molar-refractivity contribution in [2.24, 2.45) is 5.92 Å². The summed E-state index contributed by atoms with van der Waals surface area (Å²) in [7, 11) is 0. The molecule has 1 rings (SSSR count). The summed E-state index contributed by atoms with van der Waals surface area (Å²) in [5, 5.41) is 11.4. The Labute approximate surface area is 112 Å². The first-order valence-corrected chi connectivity index (χ1v) is 6.09. The van der Waals surface area contributed by atoms with Gasteiger partial charge in [-0.25, -0.2) is 4.79 Å². The summed E-state index contributed by atoms with van der Waals surface area (Å²) in [6.07, 6.45) is 0.383. The number of benzene rings is 1. The Morgan fingerprint density at radius 1 is 1.26 bits per heavy atom. The zero-order chi connectivity index (χ0) is 14.3. The third-order valence-electron chi connectivity index (χ3n) is 2.40. The summed E-state index contributed by atoms with van der Waals surface area (Å²) in [5.41, 5.74) is 0.716. The first-order chi connectivity index (χ1) is 8.99. The number of amides is 1. The number of carboxylic acid groups (broad SMARTS) is 1. The summed E-state index contributed by atoms with van der Waals surface area (Å²) in [6, 6.07) is 8.17. The number of carboxylic acids is 1. The van der Waals surface area contributed by atoms with E-state index in [9.17, 15) is 9.59 Å². The molecule has 0 aliphatic carbocycles. The zero-order valence-corrected chi connectivity index (χ0v) is 11.0. The van der Waals surface area contributed by atoms with Crippen LogP contribution < -0.4 is 5.32 Å². The molecular weight excluding hydrogens is 242 g/mol. The Hall–Kier alpha value is -2.28. The van der Waals surface area contributed by atoms with Crippen molar-refractivity contribution in [1.29, 1.82) is 0 Å². The quantitative estimate of drug-likeness (QED) is 0.808. The fraction of sp³-hybridized carbons (Fsp3) is 0.333. The third-order valence-corrected chi connectivity index (χ3v) is 2.40. The van der Waals surface area contributed by atoms with E-state index in [4.69, 9.17) is 5.11 Å². The van der Waals surface area contributed by atoms with Gasteiger partial charge in [0.1, 0.15) is 6.04 Å². The molecule has 4 heteroatoms. The summed E-state index contributed by atoms with van der Waals surface area (Å²) in [4.78, 5) is 22.5. The number of rotatable bonds is 4. The molecule has 2 N–H and O–H groups in total. The largest absolute Gasteiger partial charge is 0.480 e. The fourth-order valence-electron chi connectivity index (χ4n) is 1.54. The molecule has 1 amide bonds. The summed E-state index contributed by atoms with van der Waals surface area (Å²) in [6.45, 7) is 3.80. The number of hydrogen-bond donors (Lipinski definition) is 2. The lowest BCUT2D eigenvalue weighted by Crippen LogP contribution is -2.41. The van der Waals surface area contributed by atoms with E-state index in [1.54, 1.807) is 12.1 Å². The molecule has 0 heterocycles. The van der Waals surface area contributed by atoms with E-state index in [1.807, 2.05) is 32.0 Å². The first kappa shape index (κ1) is 14.8. The van der Waals surface area contributed by atoms with Crippen molar-refractivity contribution in [3.63, 3.8) is 0 Å². The highest BCUT2D eigenvalue weighted by atomic mass is 16.4. The molecule has 0 fully saturated rings. The van der Waals surface area contributed by atoms with Crippen LogP contribution in [0.2, 0.25) is 0 Å².